The van der Waals surface area contributed by atoms with Crippen LogP contribution in [0.15, 0.2) is 0 Å². The first kappa shape index (κ1) is 80.0. The van der Waals surface area contributed by atoms with Crippen molar-refractivity contribution in [2.75, 3.05) is 26.4 Å². The summed E-state index contributed by atoms with van der Waals surface area (Å²) in [6.45, 7) is 1.85. The standard InChI is InChI=1S/C68H131NO18/c1-3-5-7-9-11-13-15-17-19-21-23-24-25-26-28-30-32-34-36-38-40-42-44-46-56(74)69-51(52(73)45-43-41-39-37-35-33-31-29-27-22-20-18-16-14-12-10-8-6-4-2)50-82-66-62(80)59(77)64(54(48-71)84-66)87-68-63(81)60(78)65(55(49-72)85-68)86-67-61(79)58(76)57(75)53(47-70)83-67/h51-55,57-68,70-73,75-81H,3-50H2,1-2H3,(H,69,74). The summed E-state index contributed by atoms with van der Waals surface area (Å²) in [5.74, 6) is -0.235. The summed E-state index contributed by atoms with van der Waals surface area (Å²) < 4.78 is 34.4. The number of aliphatic hydroxyl groups is 11. The monoisotopic (exact) mass is 1250 g/mol. The number of carbonyl (C=O) groups excluding carboxylic acids is 1. The molecule has 3 aliphatic rings. The molecule has 0 aliphatic carbocycles. The van der Waals surface area contributed by atoms with Crippen molar-refractivity contribution in [1.29, 1.82) is 0 Å². The molecule has 0 aromatic rings. The van der Waals surface area contributed by atoms with Crippen molar-refractivity contribution in [2.24, 2.45) is 0 Å². The van der Waals surface area contributed by atoms with E-state index in [-0.39, 0.29) is 18.9 Å². The predicted molar refractivity (Wildman–Crippen MR) is 337 cm³/mol. The highest BCUT2D eigenvalue weighted by atomic mass is 16.8. The molecule has 0 spiro atoms. The van der Waals surface area contributed by atoms with E-state index in [9.17, 15) is 61.0 Å². The molecule has 0 radical (unpaired) electrons. The van der Waals surface area contributed by atoms with Gasteiger partial charge in [0.25, 0.3) is 0 Å². The Morgan fingerprint density at radius 1 is 0.368 bits per heavy atom. The molecule has 3 fully saturated rings. The number of amides is 1. The number of aliphatic hydroxyl groups excluding tert-OH is 11. The van der Waals surface area contributed by atoms with Crippen LogP contribution in [0.3, 0.4) is 0 Å². The van der Waals surface area contributed by atoms with Gasteiger partial charge < -0.3 is 89.9 Å². The smallest absolute Gasteiger partial charge is 0.220 e. The van der Waals surface area contributed by atoms with Crippen LogP contribution in [-0.2, 0) is 33.2 Å². The van der Waals surface area contributed by atoms with Gasteiger partial charge in [0, 0.05) is 6.42 Å². The Bertz CT molecular complexity index is 1590. The molecule has 17 atom stereocenters. The molecular weight excluding hydrogens is 1120 g/mol. The molecule has 3 aliphatic heterocycles. The molecule has 3 rings (SSSR count). The second kappa shape index (κ2) is 51.2. The highest BCUT2D eigenvalue weighted by Crippen LogP contribution is 2.33. The Hall–Kier alpha value is -1.21. The zero-order valence-electron chi connectivity index (χ0n) is 54.5. The van der Waals surface area contributed by atoms with Gasteiger partial charge in [0.2, 0.25) is 5.91 Å². The van der Waals surface area contributed by atoms with Crippen LogP contribution >= 0.6 is 0 Å². The maximum Gasteiger partial charge on any atom is 0.220 e. The van der Waals surface area contributed by atoms with Crippen LogP contribution in [0.2, 0.25) is 0 Å². The van der Waals surface area contributed by atoms with Gasteiger partial charge in [-0.3, -0.25) is 4.79 Å². The summed E-state index contributed by atoms with van der Waals surface area (Å²) in [5.41, 5.74) is 0. The number of nitrogens with one attached hydrogen (secondary N) is 1. The fourth-order valence-corrected chi connectivity index (χ4v) is 12.6. The van der Waals surface area contributed by atoms with Crippen molar-refractivity contribution in [3.8, 4) is 0 Å². The van der Waals surface area contributed by atoms with Crippen molar-refractivity contribution in [3.63, 3.8) is 0 Å². The molecule has 516 valence electrons. The molecule has 0 saturated carbocycles. The molecule has 87 heavy (non-hydrogen) atoms. The average Bonchev–Trinajstić information content (AvgIpc) is 2.58. The Morgan fingerprint density at radius 2 is 0.655 bits per heavy atom. The molecule has 17 unspecified atom stereocenters. The van der Waals surface area contributed by atoms with Gasteiger partial charge in [-0.2, -0.15) is 0 Å². The van der Waals surface area contributed by atoms with Crippen molar-refractivity contribution < 1.29 is 89.4 Å². The van der Waals surface area contributed by atoms with Gasteiger partial charge in [-0.25, -0.2) is 0 Å². The minimum atomic E-state index is -1.97. The molecule has 19 nitrogen and oxygen atoms in total. The number of carbonyl (C=O) groups is 1. The summed E-state index contributed by atoms with van der Waals surface area (Å²) in [5, 5.41) is 121. The summed E-state index contributed by atoms with van der Waals surface area (Å²) >= 11 is 0. The van der Waals surface area contributed by atoms with E-state index in [1.807, 2.05) is 0 Å². The lowest BCUT2D eigenvalue weighted by atomic mass is 9.96. The van der Waals surface area contributed by atoms with Gasteiger partial charge in [-0.1, -0.05) is 277 Å². The molecule has 1 amide bonds. The van der Waals surface area contributed by atoms with Crippen LogP contribution in [-0.4, -0.2) is 193 Å². The zero-order chi connectivity index (χ0) is 63.3. The SMILES string of the molecule is CCCCCCCCCCCCCCCCCCCCCCCCCC(=O)NC(COC1OC(CO)C(OC2OC(CO)C(OC3OC(CO)C(O)C(O)C3O)C(O)C2O)C(O)C1O)C(O)CCCCCCCCCCCCCCCCCCCCC. The van der Waals surface area contributed by atoms with Gasteiger partial charge in [0.1, 0.15) is 73.2 Å². The molecular formula is C68H131NO18. The lowest BCUT2D eigenvalue weighted by Gasteiger charge is -2.48. The third-order valence-electron chi connectivity index (χ3n) is 18.4. The highest BCUT2D eigenvalue weighted by Gasteiger charge is 2.53. The summed E-state index contributed by atoms with van der Waals surface area (Å²) in [6.07, 6.45) is 27.5. The Balaban J connectivity index is 1.42. The van der Waals surface area contributed by atoms with E-state index in [1.165, 1.54) is 218 Å². The van der Waals surface area contributed by atoms with Crippen LogP contribution in [0.1, 0.15) is 296 Å². The fourth-order valence-electron chi connectivity index (χ4n) is 12.6. The lowest BCUT2D eigenvalue weighted by Crippen LogP contribution is -2.66. The van der Waals surface area contributed by atoms with Crippen molar-refractivity contribution in [1.82, 2.24) is 5.32 Å². The van der Waals surface area contributed by atoms with E-state index in [0.29, 0.717) is 12.8 Å². The van der Waals surface area contributed by atoms with E-state index >= 15 is 0 Å². The van der Waals surface area contributed by atoms with E-state index in [2.05, 4.69) is 19.2 Å². The minimum absolute atomic E-state index is 0.235. The average molecular weight is 1250 g/mol. The van der Waals surface area contributed by atoms with Crippen molar-refractivity contribution >= 4 is 5.91 Å². The number of unbranched alkanes of at least 4 members (excludes halogenated alkanes) is 40. The van der Waals surface area contributed by atoms with Crippen LogP contribution in [0.5, 0.6) is 0 Å². The quantitative estimate of drug-likeness (QED) is 0.0252. The van der Waals surface area contributed by atoms with E-state index in [1.54, 1.807) is 0 Å². The molecule has 12 N–H and O–H groups in total. The third-order valence-corrected chi connectivity index (χ3v) is 18.4. The van der Waals surface area contributed by atoms with Gasteiger partial charge in [0.05, 0.1) is 38.6 Å². The first-order valence-corrected chi connectivity index (χ1v) is 35.8. The number of hydrogen-bond donors (Lipinski definition) is 12. The third kappa shape index (κ3) is 33.5. The molecule has 0 bridgehead atoms. The first-order chi connectivity index (χ1) is 42.3. The van der Waals surface area contributed by atoms with E-state index < -0.39 is 124 Å². The first-order valence-electron chi connectivity index (χ1n) is 35.8. The maximum absolute atomic E-state index is 13.4. The Kier molecular flexibility index (Phi) is 47.1. The molecule has 3 saturated heterocycles. The van der Waals surface area contributed by atoms with Crippen molar-refractivity contribution in [3.05, 3.63) is 0 Å². The van der Waals surface area contributed by atoms with E-state index in [0.717, 1.165) is 44.9 Å². The summed E-state index contributed by atoms with van der Waals surface area (Å²) in [6, 6.07) is -0.882. The molecule has 3 heterocycles. The van der Waals surface area contributed by atoms with Gasteiger partial charge in [-0.05, 0) is 12.8 Å². The summed E-state index contributed by atoms with van der Waals surface area (Å²) in [7, 11) is 0. The number of rotatable bonds is 56. The maximum atomic E-state index is 13.4. The minimum Gasteiger partial charge on any atom is -0.394 e. The second-order valence-electron chi connectivity index (χ2n) is 26.1. The summed E-state index contributed by atoms with van der Waals surface area (Å²) in [4.78, 5) is 13.4. The lowest BCUT2D eigenvalue weighted by molar-refractivity contribution is -0.379. The van der Waals surface area contributed by atoms with Crippen LogP contribution < -0.4 is 5.32 Å². The fraction of sp³-hybridized carbons (Fsp3) is 0.985. The molecule has 19 heteroatoms. The zero-order valence-corrected chi connectivity index (χ0v) is 54.5. The van der Waals surface area contributed by atoms with Crippen LogP contribution in [0.4, 0.5) is 0 Å². The van der Waals surface area contributed by atoms with Crippen molar-refractivity contribution in [2.45, 2.75) is 401 Å². The topological polar surface area (TPSA) is 307 Å². The van der Waals surface area contributed by atoms with Crippen LogP contribution in [0.25, 0.3) is 0 Å². The predicted octanol–water partition coefficient (Wildman–Crippen LogP) is 9.50. The normalized spacial score (nSPS) is 28.5. The highest BCUT2D eigenvalue weighted by molar-refractivity contribution is 5.76. The van der Waals surface area contributed by atoms with E-state index in [4.69, 9.17) is 28.4 Å². The second-order valence-corrected chi connectivity index (χ2v) is 26.1. The largest absolute Gasteiger partial charge is 0.394 e. The Morgan fingerprint density at radius 3 is 1.00 bits per heavy atom. The molecule has 0 aromatic carbocycles. The van der Waals surface area contributed by atoms with Crippen LogP contribution in [0, 0.1) is 0 Å². The van der Waals surface area contributed by atoms with Gasteiger partial charge in [0.15, 0.2) is 18.9 Å². The van der Waals surface area contributed by atoms with Gasteiger partial charge in [-0.15, -0.1) is 0 Å². The molecule has 0 aromatic heterocycles. The number of hydrogen-bond acceptors (Lipinski definition) is 18. The Labute approximate surface area is 525 Å². The number of ether oxygens (including phenoxy) is 6. The van der Waals surface area contributed by atoms with Gasteiger partial charge >= 0.3 is 0 Å².